The maximum absolute atomic E-state index is 12.3. The first-order valence-electron chi connectivity index (χ1n) is 6.31. The SMILES string of the molecule is O=c1cc(CS(=O)(=O)c2ccccc2)nc2ccccn12. The molecule has 0 saturated heterocycles. The van der Waals surface area contributed by atoms with Crippen LogP contribution in [0.5, 0.6) is 0 Å². The van der Waals surface area contributed by atoms with Gasteiger partial charge in [0.1, 0.15) is 5.65 Å². The van der Waals surface area contributed by atoms with Gasteiger partial charge in [-0.15, -0.1) is 0 Å². The number of rotatable bonds is 3. The maximum Gasteiger partial charge on any atom is 0.258 e. The second-order valence-electron chi connectivity index (χ2n) is 4.59. The molecule has 3 rings (SSSR count). The Morgan fingerprint density at radius 1 is 1.00 bits per heavy atom. The number of hydrogen-bond acceptors (Lipinski definition) is 4. The summed E-state index contributed by atoms with van der Waals surface area (Å²) in [6.07, 6.45) is 1.60. The standard InChI is InChI=1S/C15H12N2O3S/c18-15-10-12(16-14-8-4-5-9-17(14)15)11-21(19,20)13-6-2-1-3-7-13/h1-10H,11H2. The largest absolute Gasteiger partial charge is 0.269 e. The van der Waals surface area contributed by atoms with Gasteiger partial charge in [0.15, 0.2) is 9.84 Å². The summed E-state index contributed by atoms with van der Waals surface area (Å²) in [5, 5.41) is 0. The van der Waals surface area contributed by atoms with Crippen LogP contribution in [0.1, 0.15) is 5.69 Å². The highest BCUT2D eigenvalue weighted by Crippen LogP contribution is 2.14. The molecule has 0 amide bonds. The molecule has 0 atom stereocenters. The summed E-state index contributed by atoms with van der Waals surface area (Å²) in [6, 6.07) is 14.5. The van der Waals surface area contributed by atoms with Crippen molar-refractivity contribution in [2.24, 2.45) is 0 Å². The molecule has 0 N–H and O–H groups in total. The Morgan fingerprint density at radius 3 is 2.48 bits per heavy atom. The molecule has 1 aromatic carbocycles. The zero-order valence-corrected chi connectivity index (χ0v) is 11.8. The topological polar surface area (TPSA) is 68.5 Å². The lowest BCUT2D eigenvalue weighted by molar-refractivity contribution is 0.594. The van der Waals surface area contributed by atoms with E-state index in [0.29, 0.717) is 5.65 Å². The molecule has 0 unspecified atom stereocenters. The van der Waals surface area contributed by atoms with Gasteiger partial charge in [-0.25, -0.2) is 13.4 Å². The molecule has 0 aliphatic carbocycles. The molecule has 2 aromatic heterocycles. The van der Waals surface area contributed by atoms with Crippen LogP contribution in [-0.2, 0) is 15.6 Å². The van der Waals surface area contributed by atoms with Crippen LogP contribution in [0.2, 0.25) is 0 Å². The zero-order chi connectivity index (χ0) is 14.9. The summed E-state index contributed by atoms with van der Waals surface area (Å²) in [4.78, 5) is 16.4. The number of sulfone groups is 1. The first kappa shape index (κ1) is 13.5. The third kappa shape index (κ3) is 2.71. The molecule has 0 aliphatic rings. The summed E-state index contributed by atoms with van der Waals surface area (Å²) in [5.74, 6) is -0.294. The fourth-order valence-corrected chi connectivity index (χ4v) is 3.36. The Balaban J connectivity index is 2.05. The van der Waals surface area contributed by atoms with Gasteiger partial charge in [0, 0.05) is 12.3 Å². The minimum absolute atomic E-state index is 0.222. The average Bonchev–Trinajstić information content (AvgIpc) is 2.48. The molecule has 5 nitrogen and oxygen atoms in total. The highest BCUT2D eigenvalue weighted by molar-refractivity contribution is 7.90. The van der Waals surface area contributed by atoms with Crippen LogP contribution >= 0.6 is 0 Å². The summed E-state index contributed by atoms with van der Waals surface area (Å²) < 4.78 is 26.0. The van der Waals surface area contributed by atoms with Crippen molar-refractivity contribution in [3.8, 4) is 0 Å². The fourth-order valence-electron chi connectivity index (χ4n) is 2.08. The van der Waals surface area contributed by atoms with Gasteiger partial charge in [-0.3, -0.25) is 9.20 Å². The molecule has 0 bridgehead atoms. The number of fused-ring (bicyclic) bond motifs is 1. The van der Waals surface area contributed by atoms with Crippen LogP contribution in [0.15, 0.2) is 70.5 Å². The van der Waals surface area contributed by atoms with E-state index in [9.17, 15) is 13.2 Å². The Labute approximate surface area is 121 Å². The molecule has 106 valence electrons. The molecule has 0 saturated carbocycles. The third-order valence-electron chi connectivity index (χ3n) is 3.06. The first-order valence-corrected chi connectivity index (χ1v) is 7.97. The predicted molar refractivity (Wildman–Crippen MR) is 78.8 cm³/mol. The van der Waals surface area contributed by atoms with Crippen molar-refractivity contribution in [2.45, 2.75) is 10.6 Å². The molecule has 3 aromatic rings. The summed E-state index contributed by atoms with van der Waals surface area (Å²) in [5.41, 5.74) is 0.386. The van der Waals surface area contributed by atoms with Crippen molar-refractivity contribution >= 4 is 15.5 Å². The molecular weight excluding hydrogens is 288 g/mol. The van der Waals surface area contributed by atoms with Crippen LogP contribution in [0, 0.1) is 0 Å². The van der Waals surface area contributed by atoms with Crippen molar-refractivity contribution in [2.75, 3.05) is 0 Å². The van der Waals surface area contributed by atoms with E-state index in [0.717, 1.165) is 0 Å². The van der Waals surface area contributed by atoms with E-state index in [2.05, 4.69) is 4.98 Å². The second-order valence-corrected chi connectivity index (χ2v) is 6.58. The van der Waals surface area contributed by atoms with Crippen molar-refractivity contribution < 1.29 is 8.42 Å². The van der Waals surface area contributed by atoms with Gasteiger partial charge in [0.2, 0.25) is 0 Å². The average molecular weight is 300 g/mol. The van der Waals surface area contributed by atoms with Gasteiger partial charge in [0.25, 0.3) is 5.56 Å². The molecule has 0 radical (unpaired) electrons. The van der Waals surface area contributed by atoms with Gasteiger partial charge in [-0.2, -0.15) is 0 Å². The lowest BCUT2D eigenvalue weighted by atomic mass is 10.4. The van der Waals surface area contributed by atoms with Gasteiger partial charge in [-0.1, -0.05) is 24.3 Å². The first-order chi connectivity index (χ1) is 10.1. The lowest BCUT2D eigenvalue weighted by Crippen LogP contribution is -2.17. The number of benzene rings is 1. The molecule has 21 heavy (non-hydrogen) atoms. The molecule has 6 heteroatoms. The van der Waals surface area contributed by atoms with Crippen molar-refractivity contribution in [1.29, 1.82) is 0 Å². The van der Waals surface area contributed by atoms with Gasteiger partial charge >= 0.3 is 0 Å². The van der Waals surface area contributed by atoms with E-state index in [4.69, 9.17) is 0 Å². The van der Waals surface area contributed by atoms with Crippen LogP contribution in [0.3, 0.4) is 0 Å². The molecular formula is C15H12N2O3S. The van der Waals surface area contributed by atoms with Gasteiger partial charge in [-0.05, 0) is 24.3 Å². The number of pyridine rings is 1. The number of aromatic nitrogens is 2. The van der Waals surface area contributed by atoms with Gasteiger partial charge < -0.3 is 0 Å². The summed E-state index contributed by atoms with van der Waals surface area (Å²) >= 11 is 0. The summed E-state index contributed by atoms with van der Waals surface area (Å²) in [6.45, 7) is 0. The normalized spacial score (nSPS) is 11.6. The Kier molecular flexibility index (Phi) is 3.31. The number of nitrogens with zero attached hydrogens (tertiary/aromatic N) is 2. The van der Waals surface area contributed by atoms with Crippen LogP contribution in [0.4, 0.5) is 0 Å². The molecule has 0 aliphatic heterocycles. The zero-order valence-electron chi connectivity index (χ0n) is 11.0. The van der Waals surface area contributed by atoms with Crippen molar-refractivity contribution in [1.82, 2.24) is 9.38 Å². The molecule has 0 spiro atoms. The lowest BCUT2D eigenvalue weighted by Gasteiger charge is -2.05. The second kappa shape index (κ2) is 5.14. The minimum Gasteiger partial charge on any atom is -0.269 e. The highest BCUT2D eigenvalue weighted by atomic mass is 32.2. The molecule has 0 fully saturated rings. The Hall–Kier alpha value is -2.47. The van der Waals surface area contributed by atoms with Crippen LogP contribution in [0.25, 0.3) is 5.65 Å². The van der Waals surface area contributed by atoms with E-state index in [1.165, 1.54) is 22.6 Å². The van der Waals surface area contributed by atoms with E-state index in [1.807, 2.05) is 0 Å². The van der Waals surface area contributed by atoms with Gasteiger partial charge in [0.05, 0.1) is 16.3 Å². The quantitative estimate of drug-likeness (QED) is 0.738. The summed E-state index contributed by atoms with van der Waals surface area (Å²) in [7, 11) is -3.51. The minimum atomic E-state index is -3.51. The van der Waals surface area contributed by atoms with Crippen molar-refractivity contribution in [3.63, 3.8) is 0 Å². The van der Waals surface area contributed by atoms with Crippen LogP contribution in [-0.4, -0.2) is 17.8 Å². The Bertz CT molecular complexity index is 947. The highest BCUT2D eigenvalue weighted by Gasteiger charge is 2.16. The van der Waals surface area contributed by atoms with Crippen LogP contribution < -0.4 is 5.56 Å². The predicted octanol–water partition coefficient (Wildman–Crippen LogP) is 1.67. The number of hydrogen-bond donors (Lipinski definition) is 0. The van der Waals surface area contributed by atoms with Crippen molar-refractivity contribution in [3.05, 3.63) is 76.8 Å². The van der Waals surface area contributed by atoms with E-state index in [1.54, 1.807) is 42.6 Å². The third-order valence-corrected chi connectivity index (χ3v) is 4.73. The monoisotopic (exact) mass is 300 g/mol. The molecule has 2 heterocycles. The van der Waals surface area contributed by atoms with E-state index < -0.39 is 9.84 Å². The maximum atomic E-state index is 12.3. The van der Waals surface area contributed by atoms with E-state index in [-0.39, 0.29) is 21.9 Å². The fraction of sp³-hybridized carbons (Fsp3) is 0.0667. The smallest absolute Gasteiger partial charge is 0.258 e. The van der Waals surface area contributed by atoms with E-state index >= 15 is 0 Å². The Morgan fingerprint density at radius 2 is 1.71 bits per heavy atom.